The lowest BCUT2D eigenvalue weighted by Gasteiger charge is -2.10. The highest BCUT2D eigenvalue weighted by molar-refractivity contribution is 8.00. The Morgan fingerprint density at radius 3 is 3.06 bits per heavy atom. The molecular formula is C10H11N3O2S. The predicted molar refractivity (Wildman–Crippen MR) is 61.5 cm³/mol. The maximum Gasteiger partial charge on any atom is 0.328 e. The van der Waals surface area contributed by atoms with Crippen molar-refractivity contribution in [2.45, 2.75) is 24.6 Å². The quantitative estimate of drug-likeness (QED) is 0.802. The van der Waals surface area contributed by atoms with Gasteiger partial charge in [0, 0.05) is 18.0 Å². The molecule has 1 fully saturated rings. The van der Waals surface area contributed by atoms with Gasteiger partial charge in [0.25, 0.3) is 5.56 Å². The summed E-state index contributed by atoms with van der Waals surface area (Å²) < 4.78 is 1.42. The number of nitrogens with one attached hydrogen (secondary N) is 1. The number of nitrogens with zero attached hydrogens (tertiary/aromatic N) is 2. The van der Waals surface area contributed by atoms with Crippen molar-refractivity contribution in [2.75, 3.05) is 5.75 Å². The number of hydrogen-bond acceptors (Lipinski definition) is 4. The van der Waals surface area contributed by atoms with Crippen LogP contribution in [0.25, 0.3) is 0 Å². The molecule has 84 valence electrons. The van der Waals surface area contributed by atoms with Crippen molar-refractivity contribution in [2.24, 2.45) is 0 Å². The van der Waals surface area contributed by atoms with Gasteiger partial charge in [-0.2, -0.15) is 17.0 Å². The van der Waals surface area contributed by atoms with Crippen LogP contribution >= 0.6 is 11.8 Å². The molecular weight excluding hydrogens is 226 g/mol. The van der Waals surface area contributed by atoms with Crippen LogP contribution in [0.3, 0.4) is 0 Å². The van der Waals surface area contributed by atoms with Crippen molar-refractivity contribution in [3.8, 4) is 6.07 Å². The summed E-state index contributed by atoms with van der Waals surface area (Å²) in [5.74, 6) is 1.12. The smallest absolute Gasteiger partial charge is 0.298 e. The number of aromatic amines is 1. The highest BCUT2D eigenvalue weighted by Gasteiger charge is 2.17. The van der Waals surface area contributed by atoms with Gasteiger partial charge in [-0.1, -0.05) is 0 Å². The summed E-state index contributed by atoms with van der Waals surface area (Å²) in [5.41, 5.74) is -1.05. The van der Waals surface area contributed by atoms with Crippen molar-refractivity contribution >= 4 is 11.8 Å². The van der Waals surface area contributed by atoms with E-state index in [0.29, 0.717) is 11.8 Å². The molecule has 0 radical (unpaired) electrons. The molecule has 0 aliphatic carbocycles. The van der Waals surface area contributed by atoms with E-state index in [2.05, 4.69) is 4.98 Å². The second kappa shape index (κ2) is 4.58. The second-order valence-electron chi connectivity index (χ2n) is 3.70. The number of hydrogen-bond donors (Lipinski definition) is 1. The Balaban J connectivity index is 2.30. The Morgan fingerprint density at radius 1 is 1.62 bits per heavy atom. The highest BCUT2D eigenvalue weighted by Crippen LogP contribution is 2.26. The molecule has 1 aromatic rings. The SMILES string of the molecule is N#Cc1cn(CC2CCCS2)c(=O)[nH]c1=O. The molecule has 2 rings (SSSR count). The fourth-order valence-corrected chi connectivity index (χ4v) is 3.00. The monoisotopic (exact) mass is 237 g/mol. The zero-order valence-corrected chi connectivity index (χ0v) is 9.42. The van der Waals surface area contributed by atoms with Gasteiger partial charge in [-0.25, -0.2) is 4.79 Å². The van der Waals surface area contributed by atoms with Gasteiger partial charge >= 0.3 is 5.69 Å². The minimum absolute atomic E-state index is 0.0115. The first-order chi connectivity index (χ1) is 7.70. The number of aromatic nitrogens is 2. The van der Waals surface area contributed by atoms with Crippen molar-refractivity contribution in [1.29, 1.82) is 5.26 Å². The van der Waals surface area contributed by atoms with Gasteiger partial charge in [0.2, 0.25) is 0 Å². The third kappa shape index (κ3) is 2.19. The predicted octanol–water partition coefficient (Wildman–Crippen LogP) is 0.304. The zero-order chi connectivity index (χ0) is 11.5. The fourth-order valence-electron chi connectivity index (χ4n) is 1.73. The molecule has 16 heavy (non-hydrogen) atoms. The average molecular weight is 237 g/mol. The Hall–Kier alpha value is -1.48. The van der Waals surface area contributed by atoms with Gasteiger partial charge in [-0.3, -0.25) is 14.3 Å². The molecule has 0 amide bonds. The normalized spacial score (nSPS) is 19.6. The highest BCUT2D eigenvalue weighted by atomic mass is 32.2. The first-order valence-corrected chi connectivity index (χ1v) is 6.11. The van der Waals surface area contributed by atoms with E-state index in [-0.39, 0.29) is 5.56 Å². The summed E-state index contributed by atoms with van der Waals surface area (Å²) in [4.78, 5) is 24.8. The van der Waals surface area contributed by atoms with Crippen LogP contribution in [0.2, 0.25) is 0 Å². The molecule has 0 aromatic carbocycles. The summed E-state index contributed by atoms with van der Waals surface area (Å²) in [5, 5.41) is 9.12. The number of thioether (sulfide) groups is 1. The van der Waals surface area contributed by atoms with Crippen LogP contribution in [-0.2, 0) is 6.54 Å². The van der Waals surface area contributed by atoms with Crippen molar-refractivity contribution in [3.05, 3.63) is 32.6 Å². The summed E-state index contributed by atoms with van der Waals surface area (Å²) in [6.45, 7) is 0.564. The van der Waals surface area contributed by atoms with Gasteiger partial charge in [0.15, 0.2) is 0 Å². The minimum atomic E-state index is -0.608. The summed E-state index contributed by atoms with van der Waals surface area (Å²) in [6.07, 6.45) is 3.59. The first-order valence-electron chi connectivity index (χ1n) is 5.06. The van der Waals surface area contributed by atoms with Crippen LogP contribution in [-0.4, -0.2) is 20.6 Å². The van der Waals surface area contributed by atoms with E-state index in [1.165, 1.54) is 17.2 Å². The summed E-state index contributed by atoms with van der Waals surface area (Å²) >= 11 is 1.83. The lowest BCUT2D eigenvalue weighted by atomic mass is 10.2. The summed E-state index contributed by atoms with van der Waals surface area (Å²) in [6, 6.07) is 1.78. The van der Waals surface area contributed by atoms with E-state index in [4.69, 9.17) is 5.26 Å². The molecule has 1 unspecified atom stereocenters. The Labute approximate surface area is 96.1 Å². The zero-order valence-electron chi connectivity index (χ0n) is 8.60. The molecule has 1 atom stereocenters. The molecule has 2 heterocycles. The number of H-pyrrole nitrogens is 1. The van der Waals surface area contributed by atoms with Crippen molar-refractivity contribution in [3.63, 3.8) is 0 Å². The molecule has 1 aliphatic rings. The van der Waals surface area contributed by atoms with Crippen LogP contribution in [0.5, 0.6) is 0 Å². The average Bonchev–Trinajstić information content (AvgIpc) is 2.75. The second-order valence-corrected chi connectivity index (χ2v) is 5.11. The molecule has 0 bridgehead atoms. The molecule has 1 aromatic heterocycles. The summed E-state index contributed by atoms with van der Waals surface area (Å²) in [7, 11) is 0. The minimum Gasteiger partial charge on any atom is -0.298 e. The van der Waals surface area contributed by atoms with Crippen LogP contribution in [0.1, 0.15) is 18.4 Å². The van der Waals surface area contributed by atoms with E-state index >= 15 is 0 Å². The molecule has 0 spiro atoms. The van der Waals surface area contributed by atoms with Crippen molar-refractivity contribution in [1.82, 2.24) is 9.55 Å². The molecule has 6 heteroatoms. The largest absolute Gasteiger partial charge is 0.328 e. The van der Waals surface area contributed by atoms with Crippen LogP contribution < -0.4 is 11.2 Å². The lowest BCUT2D eigenvalue weighted by Crippen LogP contribution is -2.33. The molecule has 1 saturated heterocycles. The van der Waals surface area contributed by atoms with Crippen LogP contribution in [0.15, 0.2) is 15.8 Å². The maximum atomic E-state index is 11.5. The molecule has 1 aliphatic heterocycles. The van der Waals surface area contributed by atoms with Gasteiger partial charge < -0.3 is 0 Å². The molecule has 5 nitrogen and oxygen atoms in total. The number of rotatable bonds is 2. The van der Waals surface area contributed by atoms with E-state index < -0.39 is 11.2 Å². The van der Waals surface area contributed by atoms with Crippen molar-refractivity contribution < 1.29 is 0 Å². The standard InChI is InChI=1S/C10H11N3O2S/c11-4-7-5-13(10(15)12-9(7)14)6-8-2-1-3-16-8/h5,8H,1-3,6H2,(H,12,14,15). The number of nitriles is 1. The lowest BCUT2D eigenvalue weighted by molar-refractivity contribution is 0.603. The topological polar surface area (TPSA) is 78.7 Å². The van der Waals surface area contributed by atoms with Crippen LogP contribution in [0.4, 0.5) is 0 Å². The Kier molecular flexibility index (Phi) is 3.15. The van der Waals surface area contributed by atoms with E-state index in [1.54, 1.807) is 6.07 Å². The van der Waals surface area contributed by atoms with E-state index in [1.807, 2.05) is 11.8 Å². The molecule has 0 saturated carbocycles. The van der Waals surface area contributed by atoms with Crippen LogP contribution in [0, 0.1) is 11.3 Å². The third-order valence-electron chi connectivity index (χ3n) is 2.56. The van der Waals surface area contributed by atoms with E-state index in [0.717, 1.165) is 12.2 Å². The maximum absolute atomic E-state index is 11.5. The van der Waals surface area contributed by atoms with Gasteiger partial charge in [-0.15, -0.1) is 0 Å². The Bertz CT molecular complexity index is 534. The third-order valence-corrected chi connectivity index (χ3v) is 3.94. The molecule has 1 N–H and O–H groups in total. The van der Waals surface area contributed by atoms with Gasteiger partial charge in [0.05, 0.1) is 0 Å². The Morgan fingerprint density at radius 2 is 2.44 bits per heavy atom. The van der Waals surface area contributed by atoms with E-state index in [9.17, 15) is 9.59 Å². The fraction of sp³-hybridized carbons (Fsp3) is 0.500. The first kappa shape index (κ1) is 11.0. The van der Waals surface area contributed by atoms with Gasteiger partial charge in [-0.05, 0) is 18.6 Å². The van der Waals surface area contributed by atoms with Gasteiger partial charge in [0.1, 0.15) is 11.6 Å².